The second kappa shape index (κ2) is 6.83. The molecule has 0 amide bonds. The zero-order valence-corrected chi connectivity index (χ0v) is 14.2. The maximum absolute atomic E-state index is 13.0. The molecular weight excluding hydrogens is 343 g/mol. The summed E-state index contributed by atoms with van der Waals surface area (Å²) in [5.41, 5.74) is 0.0856. The largest absolute Gasteiger partial charge is 0.433 e. The molecular formula is C18H20F3N5. The Hall–Kier alpha value is -2.22. The van der Waals surface area contributed by atoms with Gasteiger partial charge in [0, 0.05) is 44.3 Å². The normalized spacial score (nSPS) is 23.9. The predicted molar refractivity (Wildman–Crippen MR) is 90.4 cm³/mol. The zero-order chi connectivity index (χ0) is 18.1. The molecule has 0 radical (unpaired) electrons. The minimum absolute atomic E-state index is 0.307. The molecule has 0 bridgehead atoms. The highest BCUT2D eigenvalue weighted by Gasteiger charge is 2.39. The van der Waals surface area contributed by atoms with E-state index in [1.807, 2.05) is 4.90 Å². The molecule has 2 aromatic heterocycles. The smallest absolute Gasteiger partial charge is 0.355 e. The summed E-state index contributed by atoms with van der Waals surface area (Å²) in [6.07, 6.45) is 2.77. The lowest BCUT2D eigenvalue weighted by atomic mass is 9.92. The fraction of sp³-hybridized carbons (Fsp3) is 0.500. The number of alkyl halides is 3. The number of piperidine rings is 1. The van der Waals surface area contributed by atoms with E-state index in [9.17, 15) is 13.2 Å². The predicted octanol–water partition coefficient (Wildman–Crippen LogP) is 2.99. The topological polar surface area (TPSA) is 45.2 Å². The SMILES string of the molecule is FC(F)(F)c1cccc(N2CCC3CCN(Cc4cnccn4)C3C2)n1. The van der Waals surface area contributed by atoms with Gasteiger partial charge in [-0.25, -0.2) is 4.98 Å². The van der Waals surface area contributed by atoms with Gasteiger partial charge < -0.3 is 4.90 Å². The highest BCUT2D eigenvalue weighted by atomic mass is 19.4. The Morgan fingerprint density at radius 3 is 2.73 bits per heavy atom. The first kappa shape index (κ1) is 17.2. The van der Waals surface area contributed by atoms with E-state index in [-0.39, 0.29) is 0 Å². The van der Waals surface area contributed by atoms with Crippen molar-refractivity contribution in [2.24, 2.45) is 5.92 Å². The molecule has 2 aliphatic rings. The average Bonchev–Trinajstić information content (AvgIpc) is 3.04. The molecule has 0 saturated carbocycles. The van der Waals surface area contributed by atoms with Crippen molar-refractivity contribution in [3.63, 3.8) is 0 Å². The number of nitrogens with zero attached hydrogens (tertiary/aromatic N) is 5. The molecule has 4 rings (SSSR count). The van der Waals surface area contributed by atoms with Gasteiger partial charge in [0.05, 0.1) is 5.69 Å². The quantitative estimate of drug-likeness (QED) is 0.839. The molecule has 2 atom stereocenters. The van der Waals surface area contributed by atoms with Crippen LogP contribution in [0.4, 0.5) is 19.0 Å². The fourth-order valence-electron chi connectivity index (χ4n) is 4.01. The van der Waals surface area contributed by atoms with Crippen LogP contribution in [0.15, 0.2) is 36.8 Å². The lowest BCUT2D eigenvalue weighted by Crippen LogP contribution is -2.48. The van der Waals surface area contributed by atoms with Crippen molar-refractivity contribution in [1.82, 2.24) is 19.9 Å². The van der Waals surface area contributed by atoms with Gasteiger partial charge in [-0.15, -0.1) is 0 Å². The van der Waals surface area contributed by atoms with Gasteiger partial charge in [0.2, 0.25) is 0 Å². The first-order chi connectivity index (χ1) is 12.5. The number of pyridine rings is 1. The van der Waals surface area contributed by atoms with Crippen molar-refractivity contribution < 1.29 is 13.2 Å². The van der Waals surface area contributed by atoms with Crippen LogP contribution in [0.3, 0.4) is 0 Å². The van der Waals surface area contributed by atoms with Gasteiger partial charge in [0.1, 0.15) is 11.5 Å². The van der Waals surface area contributed by atoms with E-state index in [2.05, 4.69) is 19.9 Å². The number of likely N-dealkylation sites (tertiary alicyclic amines) is 1. The standard InChI is InChI=1S/C18H20F3N5/c19-18(20,21)16-2-1-3-17(24-16)26-9-5-13-4-8-25(15(13)12-26)11-14-10-22-6-7-23-14/h1-3,6-7,10,13,15H,4-5,8-9,11-12H2. The molecule has 0 spiro atoms. The summed E-state index contributed by atoms with van der Waals surface area (Å²) in [7, 11) is 0. The van der Waals surface area contributed by atoms with Crippen LogP contribution in [-0.4, -0.2) is 45.5 Å². The Kier molecular flexibility index (Phi) is 4.52. The molecule has 26 heavy (non-hydrogen) atoms. The van der Waals surface area contributed by atoms with E-state index in [0.29, 0.717) is 24.3 Å². The first-order valence-corrected chi connectivity index (χ1v) is 8.79. The summed E-state index contributed by atoms with van der Waals surface area (Å²) in [6, 6.07) is 4.43. The third-order valence-corrected chi connectivity index (χ3v) is 5.31. The maximum atomic E-state index is 13.0. The van der Waals surface area contributed by atoms with Crippen LogP contribution in [-0.2, 0) is 12.7 Å². The summed E-state index contributed by atoms with van der Waals surface area (Å²) in [6.45, 7) is 3.14. The van der Waals surface area contributed by atoms with Crippen molar-refractivity contribution >= 4 is 5.82 Å². The Balaban J connectivity index is 1.50. The first-order valence-electron chi connectivity index (χ1n) is 8.79. The number of hydrogen-bond acceptors (Lipinski definition) is 5. The Morgan fingerprint density at radius 1 is 1.12 bits per heavy atom. The Labute approximate surface area is 149 Å². The number of aromatic nitrogens is 3. The van der Waals surface area contributed by atoms with E-state index in [0.717, 1.165) is 44.2 Å². The summed E-state index contributed by atoms with van der Waals surface area (Å²) >= 11 is 0. The van der Waals surface area contributed by atoms with Gasteiger partial charge in [-0.1, -0.05) is 6.07 Å². The number of anilines is 1. The van der Waals surface area contributed by atoms with Gasteiger partial charge >= 0.3 is 6.18 Å². The summed E-state index contributed by atoms with van der Waals surface area (Å²) in [4.78, 5) is 16.6. The van der Waals surface area contributed by atoms with Crippen LogP contribution in [0.5, 0.6) is 0 Å². The van der Waals surface area contributed by atoms with Gasteiger partial charge in [-0.3, -0.25) is 14.9 Å². The molecule has 8 heteroatoms. The van der Waals surface area contributed by atoms with Crippen LogP contribution < -0.4 is 4.90 Å². The summed E-state index contributed by atoms with van der Waals surface area (Å²) < 4.78 is 38.9. The van der Waals surface area contributed by atoms with Crippen molar-refractivity contribution in [2.45, 2.75) is 31.6 Å². The van der Waals surface area contributed by atoms with E-state index < -0.39 is 11.9 Å². The molecule has 2 aliphatic heterocycles. The van der Waals surface area contributed by atoms with Crippen LogP contribution in [0.1, 0.15) is 24.2 Å². The lowest BCUT2D eigenvalue weighted by Gasteiger charge is -2.39. The second-order valence-corrected chi connectivity index (χ2v) is 6.90. The highest BCUT2D eigenvalue weighted by molar-refractivity contribution is 5.41. The van der Waals surface area contributed by atoms with E-state index in [4.69, 9.17) is 0 Å². The monoisotopic (exact) mass is 363 g/mol. The highest BCUT2D eigenvalue weighted by Crippen LogP contribution is 2.35. The molecule has 2 aromatic rings. The Morgan fingerprint density at radius 2 is 1.96 bits per heavy atom. The number of halogens is 3. The van der Waals surface area contributed by atoms with Crippen LogP contribution in [0, 0.1) is 5.92 Å². The Bertz CT molecular complexity index is 752. The van der Waals surface area contributed by atoms with Crippen molar-refractivity contribution in [2.75, 3.05) is 24.5 Å². The zero-order valence-electron chi connectivity index (χ0n) is 14.2. The van der Waals surface area contributed by atoms with Crippen molar-refractivity contribution in [3.05, 3.63) is 48.2 Å². The van der Waals surface area contributed by atoms with E-state index in [1.54, 1.807) is 24.7 Å². The van der Waals surface area contributed by atoms with Gasteiger partial charge in [0.15, 0.2) is 0 Å². The molecule has 0 aliphatic carbocycles. The third-order valence-electron chi connectivity index (χ3n) is 5.31. The van der Waals surface area contributed by atoms with Crippen molar-refractivity contribution in [1.29, 1.82) is 0 Å². The van der Waals surface area contributed by atoms with Gasteiger partial charge in [-0.2, -0.15) is 13.2 Å². The molecule has 4 heterocycles. The molecule has 2 fully saturated rings. The second-order valence-electron chi connectivity index (χ2n) is 6.90. The van der Waals surface area contributed by atoms with Gasteiger partial charge in [-0.05, 0) is 37.4 Å². The molecule has 138 valence electrons. The fourth-order valence-corrected chi connectivity index (χ4v) is 4.01. The number of hydrogen-bond donors (Lipinski definition) is 0. The molecule has 0 aromatic carbocycles. The van der Waals surface area contributed by atoms with Crippen molar-refractivity contribution in [3.8, 4) is 0 Å². The number of rotatable bonds is 3. The van der Waals surface area contributed by atoms with Crippen LogP contribution in [0.25, 0.3) is 0 Å². The molecule has 2 saturated heterocycles. The van der Waals surface area contributed by atoms with Crippen LogP contribution >= 0.6 is 0 Å². The number of fused-ring (bicyclic) bond motifs is 1. The minimum Gasteiger partial charge on any atom is -0.355 e. The molecule has 0 N–H and O–H groups in total. The lowest BCUT2D eigenvalue weighted by molar-refractivity contribution is -0.141. The van der Waals surface area contributed by atoms with Gasteiger partial charge in [0.25, 0.3) is 0 Å². The molecule has 2 unspecified atom stereocenters. The molecule has 5 nitrogen and oxygen atoms in total. The summed E-state index contributed by atoms with van der Waals surface area (Å²) in [5, 5.41) is 0. The minimum atomic E-state index is -4.42. The third kappa shape index (κ3) is 3.51. The average molecular weight is 363 g/mol. The summed E-state index contributed by atoms with van der Waals surface area (Å²) in [5.74, 6) is 0.985. The van der Waals surface area contributed by atoms with E-state index >= 15 is 0 Å². The maximum Gasteiger partial charge on any atom is 0.433 e. The van der Waals surface area contributed by atoms with E-state index in [1.165, 1.54) is 6.07 Å². The van der Waals surface area contributed by atoms with Crippen LogP contribution in [0.2, 0.25) is 0 Å².